The van der Waals surface area contributed by atoms with Gasteiger partial charge in [-0.05, 0) is 43.2 Å². The van der Waals surface area contributed by atoms with Crippen LogP contribution >= 0.6 is 11.8 Å². The van der Waals surface area contributed by atoms with Gasteiger partial charge in [-0.15, -0.1) is 10.2 Å². The molecule has 2 heterocycles. The summed E-state index contributed by atoms with van der Waals surface area (Å²) in [4.78, 5) is 19.8. The molecule has 0 unspecified atom stereocenters. The van der Waals surface area contributed by atoms with Crippen LogP contribution in [-0.4, -0.2) is 31.8 Å². The number of rotatable bonds is 4. The molecule has 0 radical (unpaired) electrons. The first-order valence-electron chi connectivity index (χ1n) is 8.42. The molecule has 0 aliphatic carbocycles. The second kappa shape index (κ2) is 7.16. The van der Waals surface area contributed by atoms with Crippen molar-refractivity contribution in [1.29, 1.82) is 0 Å². The highest BCUT2D eigenvalue weighted by molar-refractivity contribution is 7.99. The SMILES string of the molecule is Cc1cc(C)c2c(c1)[nH]c1nnc(SCC(=O)Nc3ccc(F)c(F)c3)nc12. The number of aromatic nitrogens is 4. The fourth-order valence-electron chi connectivity index (χ4n) is 3.04. The van der Waals surface area contributed by atoms with Crippen molar-refractivity contribution in [1.82, 2.24) is 20.2 Å². The molecule has 28 heavy (non-hydrogen) atoms. The number of nitrogens with zero attached hydrogens (tertiary/aromatic N) is 3. The summed E-state index contributed by atoms with van der Waals surface area (Å²) in [6.45, 7) is 4.02. The van der Waals surface area contributed by atoms with Crippen LogP contribution < -0.4 is 5.32 Å². The molecule has 4 rings (SSSR count). The summed E-state index contributed by atoms with van der Waals surface area (Å²) in [5, 5.41) is 12.0. The molecule has 9 heteroatoms. The smallest absolute Gasteiger partial charge is 0.234 e. The lowest BCUT2D eigenvalue weighted by atomic mass is 10.1. The van der Waals surface area contributed by atoms with Gasteiger partial charge in [0.05, 0.1) is 5.75 Å². The van der Waals surface area contributed by atoms with E-state index in [1.807, 2.05) is 19.9 Å². The number of carbonyl (C=O) groups is 1. The molecular formula is C19H15F2N5OS. The molecule has 0 aliphatic heterocycles. The zero-order valence-corrected chi connectivity index (χ0v) is 15.8. The van der Waals surface area contributed by atoms with Gasteiger partial charge in [-0.3, -0.25) is 4.79 Å². The Balaban J connectivity index is 1.52. The second-order valence-electron chi connectivity index (χ2n) is 6.39. The predicted molar refractivity (Wildman–Crippen MR) is 104 cm³/mol. The third kappa shape index (κ3) is 3.53. The molecule has 0 fully saturated rings. The van der Waals surface area contributed by atoms with Gasteiger partial charge in [-0.1, -0.05) is 17.8 Å². The van der Waals surface area contributed by atoms with Crippen LogP contribution in [0.5, 0.6) is 0 Å². The van der Waals surface area contributed by atoms with Crippen LogP contribution in [0.2, 0.25) is 0 Å². The van der Waals surface area contributed by atoms with Gasteiger partial charge in [-0.2, -0.15) is 0 Å². The maximum Gasteiger partial charge on any atom is 0.234 e. The van der Waals surface area contributed by atoms with E-state index in [0.717, 1.165) is 45.9 Å². The quantitative estimate of drug-likeness (QED) is 0.504. The van der Waals surface area contributed by atoms with E-state index in [0.29, 0.717) is 16.3 Å². The van der Waals surface area contributed by atoms with Crippen molar-refractivity contribution in [3.63, 3.8) is 0 Å². The average Bonchev–Trinajstić information content (AvgIpc) is 3.00. The van der Waals surface area contributed by atoms with Gasteiger partial charge in [0, 0.05) is 22.7 Å². The number of benzene rings is 2. The molecule has 2 N–H and O–H groups in total. The Morgan fingerprint density at radius 1 is 1.14 bits per heavy atom. The first-order chi connectivity index (χ1) is 13.4. The molecular weight excluding hydrogens is 384 g/mol. The first kappa shape index (κ1) is 18.3. The van der Waals surface area contributed by atoms with Gasteiger partial charge in [0.15, 0.2) is 17.3 Å². The minimum Gasteiger partial charge on any atom is -0.336 e. The van der Waals surface area contributed by atoms with Crippen LogP contribution in [-0.2, 0) is 4.79 Å². The van der Waals surface area contributed by atoms with E-state index in [1.54, 1.807) is 0 Å². The van der Waals surface area contributed by atoms with E-state index in [4.69, 9.17) is 0 Å². The van der Waals surface area contributed by atoms with Crippen LogP contribution in [0.15, 0.2) is 35.5 Å². The molecule has 142 valence electrons. The third-order valence-corrected chi connectivity index (χ3v) is 5.01. The molecule has 2 aromatic carbocycles. The number of aryl methyl sites for hydroxylation is 2. The molecule has 6 nitrogen and oxygen atoms in total. The normalized spacial score (nSPS) is 11.3. The zero-order valence-electron chi connectivity index (χ0n) is 15.0. The van der Waals surface area contributed by atoms with Crippen molar-refractivity contribution in [2.45, 2.75) is 19.0 Å². The number of halogens is 2. The lowest BCUT2D eigenvalue weighted by Crippen LogP contribution is -2.14. The van der Waals surface area contributed by atoms with Gasteiger partial charge in [0.2, 0.25) is 11.1 Å². The van der Waals surface area contributed by atoms with Crippen molar-refractivity contribution < 1.29 is 13.6 Å². The van der Waals surface area contributed by atoms with Crippen molar-refractivity contribution in [3.05, 3.63) is 53.1 Å². The van der Waals surface area contributed by atoms with E-state index in [1.165, 1.54) is 6.07 Å². The number of hydrogen-bond donors (Lipinski definition) is 2. The molecule has 4 aromatic rings. The van der Waals surface area contributed by atoms with Gasteiger partial charge in [-0.25, -0.2) is 13.8 Å². The van der Waals surface area contributed by atoms with E-state index in [2.05, 4.69) is 31.5 Å². The Bertz CT molecular complexity index is 1220. The minimum atomic E-state index is -1.02. The Morgan fingerprint density at radius 3 is 2.75 bits per heavy atom. The molecule has 1 amide bonds. The predicted octanol–water partition coefficient (Wildman–Crippen LogP) is 4.13. The molecule has 0 aliphatic rings. The van der Waals surface area contributed by atoms with E-state index in [9.17, 15) is 13.6 Å². The Hall–Kier alpha value is -3.07. The largest absolute Gasteiger partial charge is 0.336 e. The third-order valence-electron chi connectivity index (χ3n) is 4.17. The van der Waals surface area contributed by atoms with Gasteiger partial charge in [0.25, 0.3) is 0 Å². The van der Waals surface area contributed by atoms with Crippen molar-refractivity contribution >= 4 is 45.4 Å². The number of nitrogens with one attached hydrogen (secondary N) is 2. The fourth-order valence-corrected chi connectivity index (χ4v) is 3.63. The zero-order chi connectivity index (χ0) is 19.8. The maximum absolute atomic E-state index is 13.2. The first-order valence-corrected chi connectivity index (χ1v) is 9.40. The Labute approximate surface area is 162 Å². The number of thioether (sulfide) groups is 1. The molecule has 0 atom stereocenters. The number of fused-ring (bicyclic) bond motifs is 3. The average molecular weight is 399 g/mol. The standard InChI is InChI=1S/C19H15F2N5OS/c1-9-5-10(2)16-14(6-9)23-18-17(16)24-19(26-25-18)28-8-15(27)22-11-3-4-12(20)13(21)7-11/h3-7H,8H2,1-2H3,(H,22,27)(H,23,25). The van der Waals surface area contributed by atoms with E-state index in [-0.39, 0.29) is 17.3 Å². The summed E-state index contributed by atoms with van der Waals surface area (Å²) in [7, 11) is 0. The topological polar surface area (TPSA) is 83.6 Å². The summed E-state index contributed by atoms with van der Waals surface area (Å²) in [5.74, 6) is -2.37. The molecule has 0 saturated carbocycles. The summed E-state index contributed by atoms with van der Waals surface area (Å²) in [6.07, 6.45) is 0. The number of anilines is 1. The number of amides is 1. The lowest BCUT2D eigenvalue weighted by molar-refractivity contribution is -0.113. The summed E-state index contributed by atoms with van der Waals surface area (Å²) < 4.78 is 26.2. The monoisotopic (exact) mass is 399 g/mol. The number of carbonyl (C=O) groups excluding carboxylic acids is 1. The second-order valence-corrected chi connectivity index (χ2v) is 7.33. The van der Waals surface area contributed by atoms with Crippen LogP contribution in [0.4, 0.5) is 14.5 Å². The summed E-state index contributed by atoms with van der Waals surface area (Å²) in [5.41, 5.74) is 4.61. The van der Waals surface area contributed by atoms with Crippen LogP contribution in [0, 0.1) is 25.5 Å². The summed E-state index contributed by atoms with van der Waals surface area (Å²) >= 11 is 1.11. The van der Waals surface area contributed by atoms with Crippen LogP contribution in [0.3, 0.4) is 0 Å². The molecule has 0 spiro atoms. The van der Waals surface area contributed by atoms with E-state index < -0.39 is 11.6 Å². The van der Waals surface area contributed by atoms with Crippen molar-refractivity contribution in [2.24, 2.45) is 0 Å². The lowest BCUT2D eigenvalue weighted by Gasteiger charge is -2.05. The van der Waals surface area contributed by atoms with Crippen LogP contribution in [0.25, 0.3) is 22.1 Å². The molecule has 0 bridgehead atoms. The van der Waals surface area contributed by atoms with E-state index >= 15 is 0 Å². The highest BCUT2D eigenvalue weighted by Gasteiger charge is 2.13. The van der Waals surface area contributed by atoms with Gasteiger partial charge in [0.1, 0.15) is 5.52 Å². The van der Waals surface area contributed by atoms with Crippen molar-refractivity contribution in [3.8, 4) is 0 Å². The minimum absolute atomic E-state index is 0.00658. The molecule has 2 aromatic heterocycles. The Morgan fingerprint density at radius 2 is 1.96 bits per heavy atom. The number of aromatic amines is 1. The number of hydrogen-bond acceptors (Lipinski definition) is 5. The van der Waals surface area contributed by atoms with Gasteiger partial charge >= 0.3 is 0 Å². The fraction of sp³-hybridized carbons (Fsp3) is 0.158. The van der Waals surface area contributed by atoms with Gasteiger partial charge < -0.3 is 10.3 Å². The maximum atomic E-state index is 13.2. The highest BCUT2D eigenvalue weighted by Crippen LogP contribution is 2.28. The molecule has 0 saturated heterocycles. The van der Waals surface area contributed by atoms with Crippen LogP contribution in [0.1, 0.15) is 11.1 Å². The van der Waals surface area contributed by atoms with Crippen molar-refractivity contribution in [2.75, 3.05) is 11.1 Å². The summed E-state index contributed by atoms with van der Waals surface area (Å²) in [6, 6.07) is 7.27. The Kier molecular flexibility index (Phi) is 4.68. The highest BCUT2D eigenvalue weighted by atomic mass is 32.2. The number of H-pyrrole nitrogens is 1.